The highest BCUT2D eigenvalue weighted by molar-refractivity contribution is 5.77. The molecule has 1 heterocycles. The summed E-state index contributed by atoms with van der Waals surface area (Å²) >= 11 is 0. The van der Waals surface area contributed by atoms with E-state index in [9.17, 15) is 4.79 Å². The van der Waals surface area contributed by atoms with Gasteiger partial charge >= 0.3 is 0 Å². The fourth-order valence-corrected chi connectivity index (χ4v) is 2.90. The minimum Gasteiger partial charge on any atom is -0.339 e. The number of rotatable bonds is 2. The van der Waals surface area contributed by atoms with Crippen LogP contribution in [0.3, 0.4) is 0 Å². The van der Waals surface area contributed by atoms with Gasteiger partial charge in [0.25, 0.3) is 0 Å². The van der Waals surface area contributed by atoms with Crippen molar-refractivity contribution in [2.24, 2.45) is 5.41 Å². The highest BCUT2D eigenvalue weighted by Crippen LogP contribution is 2.33. The number of nitrogens with zero attached hydrogens (tertiary/aromatic N) is 1. The Morgan fingerprint density at radius 2 is 1.89 bits per heavy atom. The molecule has 0 spiro atoms. The van der Waals surface area contributed by atoms with Crippen molar-refractivity contribution in [3.05, 3.63) is 35.9 Å². The second-order valence-corrected chi connectivity index (χ2v) is 6.98. The van der Waals surface area contributed by atoms with Gasteiger partial charge in [0.1, 0.15) is 0 Å². The minimum absolute atomic E-state index is 0.0711. The van der Waals surface area contributed by atoms with Crippen molar-refractivity contribution in [2.75, 3.05) is 6.54 Å². The van der Waals surface area contributed by atoms with Crippen LogP contribution in [0.15, 0.2) is 30.3 Å². The second-order valence-electron chi connectivity index (χ2n) is 6.98. The van der Waals surface area contributed by atoms with Crippen LogP contribution in [-0.4, -0.2) is 23.4 Å². The topological polar surface area (TPSA) is 20.3 Å². The van der Waals surface area contributed by atoms with Crippen molar-refractivity contribution in [2.45, 2.75) is 52.5 Å². The van der Waals surface area contributed by atoms with Gasteiger partial charge in [-0.2, -0.15) is 0 Å². The third-order valence-electron chi connectivity index (χ3n) is 3.85. The van der Waals surface area contributed by atoms with E-state index in [0.717, 1.165) is 13.0 Å². The molecule has 1 aliphatic rings. The number of benzene rings is 1. The SMILES string of the molecule is CC1CC(c2ccccc2)CN1C(=O)CC(C)(C)C. The largest absolute Gasteiger partial charge is 0.339 e. The maximum absolute atomic E-state index is 12.4. The summed E-state index contributed by atoms with van der Waals surface area (Å²) in [6.07, 6.45) is 1.72. The molecule has 0 saturated carbocycles. The summed E-state index contributed by atoms with van der Waals surface area (Å²) < 4.78 is 0. The van der Waals surface area contributed by atoms with Crippen LogP contribution in [-0.2, 0) is 4.79 Å². The van der Waals surface area contributed by atoms with E-state index >= 15 is 0 Å². The first-order valence-corrected chi connectivity index (χ1v) is 7.21. The Bertz CT molecular complexity index is 432. The lowest BCUT2D eigenvalue weighted by Crippen LogP contribution is -2.36. The molecule has 1 aliphatic heterocycles. The Morgan fingerprint density at radius 3 is 2.47 bits per heavy atom. The summed E-state index contributed by atoms with van der Waals surface area (Å²) in [4.78, 5) is 14.4. The molecule has 1 aromatic rings. The highest BCUT2D eigenvalue weighted by Gasteiger charge is 2.34. The Kier molecular flexibility index (Phi) is 3.98. The number of likely N-dealkylation sites (tertiary alicyclic amines) is 1. The van der Waals surface area contributed by atoms with E-state index in [4.69, 9.17) is 0 Å². The van der Waals surface area contributed by atoms with Gasteiger partial charge in [0.2, 0.25) is 5.91 Å². The lowest BCUT2D eigenvalue weighted by molar-refractivity contribution is -0.133. The van der Waals surface area contributed by atoms with Gasteiger partial charge < -0.3 is 4.90 Å². The van der Waals surface area contributed by atoms with Crippen LogP contribution >= 0.6 is 0 Å². The molecular formula is C17H25NO. The monoisotopic (exact) mass is 259 g/mol. The summed E-state index contributed by atoms with van der Waals surface area (Å²) in [6, 6.07) is 10.9. The molecule has 0 radical (unpaired) electrons. The number of carbonyl (C=O) groups excluding carboxylic acids is 1. The maximum Gasteiger partial charge on any atom is 0.223 e. The fourth-order valence-electron chi connectivity index (χ4n) is 2.90. The summed E-state index contributed by atoms with van der Waals surface area (Å²) in [6.45, 7) is 9.42. The van der Waals surface area contributed by atoms with Gasteiger partial charge in [-0.15, -0.1) is 0 Å². The minimum atomic E-state index is 0.0711. The second kappa shape index (κ2) is 5.36. The molecule has 1 aromatic carbocycles. The van der Waals surface area contributed by atoms with Gasteiger partial charge in [-0.05, 0) is 24.3 Å². The lowest BCUT2D eigenvalue weighted by Gasteiger charge is -2.26. The van der Waals surface area contributed by atoms with Gasteiger partial charge in [-0.25, -0.2) is 0 Å². The molecule has 0 N–H and O–H groups in total. The van der Waals surface area contributed by atoms with E-state index in [1.807, 2.05) is 6.07 Å². The zero-order valence-electron chi connectivity index (χ0n) is 12.5. The summed E-state index contributed by atoms with van der Waals surface area (Å²) in [5.74, 6) is 0.804. The van der Waals surface area contributed by atoms with Crippen LogP contribution in [0.4, 0.5) is 0 Å². The van der Waals surface area contributed by atoms with Gasteiger partial charge in [0.15, 0.2) is 0 Å². The number of carbonyl (C=O) groups is 1. The van der Waals surface area contributed by atoms with E-state index in [1.165, 1.54) is 5.56 Å². The van der Waals surface area contributed by atoms with Crippen LogP contribution in [0.25, 0.3) is 0 Å². The summed E-state index contributed by atoms with van der Waals surface area (Å²) in [5, 5.41) is 0. The molecule has 2 nitrogen and oxygen atoms in total. The average molecular weight is 259 g/mol. The molecule has 2 unspecified atom stereocenters. The molecule has 0 bridgehead atoms. The first-order valence-electron chi connectivity index (χ1n) is 7.21. The normalized spacial score (nSPS) is 23.7. The van der Waals surface area contributed by atoms with Crippen molar-refractivity contribution >= 4 is 5.91 Å². The molecular weight excluding hydrogens is 234 g/mol. The van der Waals surface area contributed by atoms with Crippen LogP contribution in [0, 0.1) is 5.41 Å². The van der Waals surface area contributed by atoms with E-state index < -0.39 is 0 Å². The molecule has 2 rings (SSSR count). The first-order chi connectivity index (χ1) is 8.87. The van der Waals surface area contributed by atoms with Crippen LogP contribution < -0.4 is 0 Å². The van der Waals surface area contributed by atoms with Gasteiger partial charge in [0, 0.05) is 24.9 Å². The van der Waals surface area contributed by atoms with Gasteiger partial charge in [0.05, 0.1) is 0 Å². The summed E-state index contributed by atoms with van der Waals surface area (Å²) in [5.41, 5.74) is 1.43. The molecule has 2 heteroatoms. The van der Waals surface area contributed by atoms with Crippen molar-refractivity contribution in [3.8, 4) is 0 Å². The van der Waals surface area contributed by atoms with Crippen molar-refractivity contribution in [1.29, 1.82) is 0 Å². The maximum atomic E-state index is 12.4. The number of hydrogen-bond acceptors (Lipinski definition) is 1. The molecule has 2 atom stereocenters. The zero-order chi connectivity index (χ0) is 14.0. The third kappa shape index (κ3) is 3.59. The molecule has 19 heavy (non-hydrogen) atoms. The zero-order valence-corrected chi connectivity index (χ0v) is 12.5. The molecule has 0 aromatic heterocycles. The smallest absolute Gasteiger partial charge is 0.223 e. The Morgan fingerprint density at radius 1 is 1.26 bits per heavy atom. The summed E-state index contributed by atoms with van der Waals surface area (Å²) in [7, 11) is 0. The quantitative estimate of drug-likeness (QED) is 0.790. The van der Waals surface area contributed by atoms with Gasteiger partial charge in [-0.1, -0.05) is 51.1 Å². The third-order valence-corrected chi connectivity index (χ3v) is 3.85. The van der Waals surface area contributed by atoms with Crippen LogP contribution in [0.2, 0.25) is 0 Å². The van der Waals surface area contributed by atoms with E-state index in [-0.39, 0.29) is 5.41 Å². The Balaban J connectivity index is 2.04. The standard InChI is InChI=1S/C17H25NO/c1-13-10-15(14-8-6-5-7-9-14)12-18(13)16(19)11-17(2,3)4/h5-9,13,15H,10-12H2,1-4H3. The molecule has 1 amide bonds. The first kappa shape index (κ1) is 14.1. The molecule has 1 saturated heterocycles. The Hall–Kier alpha value is -1.31. The fraction of sp³-hybridized carbons (Fsp3) is 0.588. The van der Waals surface area contributed by atoms with Crippen LogP contribution in [0.5, 0.6) is 0 Å². The predicted molar refractivity (Wildman–Crippen MR) is 79.0 cm³/mol. The number of amides is 1. The molecule has 0 aliphatic carbocycles. The Labute approximate surface area is 116 Å². The average Bonchev–Trinajstić information content (AvgIpc) is 2.70. The van der Waals surface area contributed by atoms with Crippen molar-refractivity contribution in [1.82, 2.24) is 4.90 Å². The van der Waals surface area contributed by atoms with Crippen molar-refractivity contribution in [3.63, 3.8) is 0 Å². The van der Waals surface area contributed by atoms with Crippen molar-refractivity contribution < 1.29 is 4.79 Å². The lowest BCUT2D eigenvalue weighted by atomic mass is 9.91. The van der Waals surface area contributed by atoms with Gasteiger partial charge in [-0.3, -0.25) is 4.79 Å². The molecule has 1 fully saturated rings. The van der Waals surface area contributed by atoms with E-state index in [1.54, 1.807) is 0 Å². The van der Waals surface area contributed by atoms with E-state index in [2.05, 4.69) is 56.9 Å². The van der Waals surface area contributed by atoms with Crippen LogP contribution in [0.1, 0.15) is 52.0 Å². The van der Waals surface area contributed by atoms with E-state index in [0.29, 0.717) is 24.3 Å². The highest BCUT2D eigenvalue weighted by atomic mass is 16.2. The predicted octanol–water partition coefficient (Wildman–Crippen LogP) is 3.83. The number of hydrogen-bond donors (Lipinski definition) is 0. The molecule has 104 valence electrons.